The van der Waals surface area contributed by atoms with Crippen LogP contribution in [0.5, 0.6) is 0 Å². The first-order valence-electron chi connectivity index (χ1n) is 7.29. The number of rotatable bonds is 2. The minimum absolute atomic E-state index is 0.0133. The van der Waals surface area contributed by atoms with E-state index in [9.17, 15) is 10.1 Å². The molecule has 0 saturated heterocycles. The van der Waals surface area contributed by atoms with E-state index in [-0.39, 0.29) is 22.7 Å². The number of amidine groups is 1. The highest BCUT2D eigenvalue weighted by molar-refractivity contribution is 6.33. The maximum Gasteiger partial charge on any atom is 0.266 e. The fourth-order valence-electron chi connectivity index (χ4n) is 2.50. The van der Waals surface area contributed by atoms with Gasteiger partial charge in [0.25, 0.3) is 5.91 Å². The molecule has 0 bridgehead atoms. The summed E-state index contributed by atoms with van der Waals surface area (Å²) < 4.78 is 0. The first-order chi connectivity index (χ1) is 11.6. The average molecular weight is 314 g/mol. The summed E-state index contributed by atoms with van der Waals surface area (Å²) in [6.07, 6.45) is 1.64. The summed E-state index contributed by atoms with van der Waals surface area (Å²) in [5, 5.41) is 17.6. The van der Waals surface area contributed by atoms with E-state index in [4.69, 9.17) is 11.1 Å². The number of nitrogens with zero attached hydrogens (tertiary/aromatic N) is 2. The number of amides is 1. The first-order valence-corrected chi connectivity index (χ1v) is 7.29. The van der Waals surface area contributed by atoms with E-state index in [1.54, 1.807) is 30.3 Å². The van der Waals surface area contributed by atoms with Crippen molar-refractivity contribution in [1.82, 2.24) is 0 Å². The van der Waals surface area contributed by atoms with Crippen LogP contribution in [0.2, 0.25) is 0 Å². The first kappa shape index (κ1) is 15.3. The van der Waals surface area contributed by atoms with Crippen LogP contribution in [0, 0.1) is 16.7 Å². The molecule has 1 amide bonds. The lowest BCUT2D eigenvalue weighted by molar-refractivity contribution is -0.114. The molecule has 0 spiro atoms. The van der Waals surface area contributed by atoms with E-state index in [1.165, 1.54) is 4.90 Å². The van der Waals surface area contributed by atoms with Gasteiger partial charge in [-0.25, -0.2) is 0 Å². The molecule has 5 heteroatoms. The highest BCUT2D eigenvalue weighted by Gasteiger charge is 2.34. The van der Waals surface area contributed by atoms with Gasteiger partial charge in [-0.3, -0.25) is 15.1 Å². The molecule has 1 heterocycles. The quantitative estimate of drug-likeness (QED) is 0.835. The molecule has 2 aromatic rings. The molecule has 2 aromatic carbocycles. The minimum Gasteiger partial charge on any atom is -0.397 e. The van der Waals surface area contributed by atoms with Crippen LogP contribution in [-0.2, 0) is 4.79 Å². The second-order valence-electron chi connectivity index (χ2n) is 5.19. The smallest absolute Gasteiger partial charge is 0.266 e. The number of nitriles is 1. The van der Waals surface area contributed by atoms with E-state index in [2.05, 4.69) is 0 Å². The van der Waals surface area contributed by atoms with Crippen LogP contribution in [0.15, 0.2) is 77.5 Å². The molecular formula is C19H14N4O. The molecule has 116 valence electrons. The summed E-state index contributed by atoms with van der Waals surface area (Å²) in [5.41, 5.74) is 7.54. The monoisotopic (exact) mass is 314 g/mol. The molecule has 1 aliphatic heterocycles. The van der Waals surface area contributed by atoms with Gasteiger partial charge >= 0.3 is 0 Å². The zero-order valence-corrected chi connectivity index (χ0v) is 12.7. The third-order valence-electron chi connectivity index (χ3n) is 3.69. The third kappa shape index (κ3) is 2.57. The minimum atomic E-state index is -0.424. The summed E-state index contributed by atoms with van der Waals surface area (Å²) in [6.45, 7) is 0. The van der Waals surface area contributed by atoms with Crippen molar-refractivity contribution in [3.63, 3.8) is 0 Å². The van der Waals surface area contributed by atoms with E-state index < -0.39 is 5.91 Å². The fourth-order valence-corrected chi connectivity index (χ4v) is 2.50. The number of hydrogen-bond donors (Lipinski definition) is 2. The topological polar surface area (TPSA) is 94.0 Å². The number of carbonyl (C=O) groups excluding carboxylic acids is 1. The van der Waals surface area contributed by atoms with Crippen LogP contribution in [0.25, 0.3) is 6.08 Å². The zero-order chi connectivity index (χ0) is 17.1. The number of para-hydroxylation sites is 1. The van der Waals surface area contributed by atoms with Crippen molar-refractivity contribution >= 4 is 23.5 Å². The molecule has 5 nitrogen and oxygen atoms in total. The van der Waals surface area contributed by atoms with Crippen molar-refractivity contribution in [2.45, 2.75) is 0 Å². The lowest BCUT2D eigenvalue weighted by Crippen LogP contribution is -2.44. The molecule has 3 rings (SSSR count). The van der Waals surface area contributed by atoms with E-state index in [0.29, 0.717) is 5.69 Å². The highest BCUT2D eigenvalue weighted by Crippen LogP contribution is 2.28. The maximum atomic E-state index is 12.9. The van der Waals surface area contributed by atoms with Gasteiger partial charge in [-0.15, -0.1) is 0 Å². The van der Waals surface area contributed by atoms with E-state index >= 15 is 0 Å². The lowest BCUT2D eigenvalue weighted by Gasteiger charge is -2.29. The Morgan fingerprint density at radius 2 is 1.62 bits per heavy atom. The molecule has 0 radical (unpaired) electrons. The van der Waals surface area contributed by atoms with Crippen molar-refractivity contribution < 1.29 is 4.79 Å². The molecule has 1 aliphatic rings. The Morgan fingerprint density at radius 3 is 2.21 bits per heavy atom. The Hall–Kier alpha value is -3.65. The van der Waals surface area contributed by atoms with Crippen molar-refractivity contribution in [2.24, 2.45) is 5.73 Å². The van der Waals surface area contributed by atoms with Crippen LogP contribution in [0.3, 0.4) is 0 Å². The number of benzene rings is 2. The largest absolute Gasteiger partial charge is 0.397 e. The van der Waals surface area contributed by atoms with Crippen molar-refractivity contribution in [3.8, 4) is 6.07 Å². The van der Waals surface area contributed by atoms with Gasteiger partial charge < -0.3 is 5.73 Å². The van der Waals surface area contributed by atoms with Crippen LogP contribution < -0.4 is 10.6 Å². The van der Waals surface area contributed by atoms with E-state index in [1.807, 2.05) is 42.5 Å². The van der Waals surface area contributed by atoms with Crippen LogP contribution in [0.4, 0.5) is 5.69 Å². The molecule has 0 fully saturated rings. The Kier molecular flexibility index (Phi) is 3.96. The van der Waals surface area contributed by atoms with Crippen molar-refractivity contribution in [3.05, 3.63) is 83.1 Å². The number of carbonyl (C=O) groups is 1. The van der Waals surface area contributed by atoms with Gasteiger partial charge in [0, 0.05) is 0 Å². The highest BCUT2D eigenvalue weighted by atomic mass is 16.2. The van der Waals surface area contributed by atoms with Crippen LogP contribution >= 0.6 is 0 Å². The van der Waals surface area contributed by atoms with Crippen molar-refractivity contribution in [2.75, 3.05) is 4.90 Å². The Morgan fingerprint density at radius 1 is 1.04 bits per heavy atom. The molecule has 0 unspecified atom stereocenters. The molecule has 0 saturated carbocycles. The Balaban J connectivity index is 2.17. The van der Waals surface area contributed by atoms with Crippen LogP contribution in [-0.4, -0.2) is 11.7 Å². The van der Waals surface area contributed by atoms with E-state index in [0.717, 1.165) is 5.56 Å². The number of nitrogens with two attached hydrogens (primary N) is 1. The van der Waals surface area contributed by atoms with Crippen LogP contribution in [0.1, 0.15) is 5.56 Å². The van der Waals surface area contributed by atoms with Gasteiger partial charge in [0.2, 0.25) is 0 Å². The average Bonchev–Trinajstić information content (AvgIpc) is 2.61. The normalized spacial score (nSPS) is 16.5. The molecule has 3 N–H and O–H groups in total. The molecule has 0 aromatic heterocycles. The third-order valence-corrected chi connectivity index (χ3v) is 3.69. The second-order valence-corrected chi connectivity index (χ2v) is 5.19. The number of anilines is 1. The lowest BCUT2D eigenvalue weighted by atomic mass is 9.97. The van der Waals surface area contributed by atoms with Gasteiger partial charge in [-0.2, -0.15) is 5.26 Å². The molecular weight excluding hydrogens is 300 g/mol. The fraction of sp³-hybridized carbons (Fsp3) is 0. The van der Waals surface area contributed by atoms with Gasteiger partial charge in [-0.1, -0.05) is 48.5 Å². The zero-order valence-electron chi connectivity index (χ0n) is 12.7. The number of nitrogens with one attached hydrogen (secondary N) is 1. The standard InChI is InChI=1S/C19H14N4O/c20-12-16-17(21)15(11-13-7-3-1-4-8-13)19(24)23(18(16)22)14-9-5-2-6-10-14/h1-11,22H,21H2/b15-11+,22-18?. The molecule has 24 heavy (non-hydrogen) atoms. The van der Waals surface area contributed by atoms with Crippen molar-refractivity contribution in [1.29, 1.82) is 10.7 Å². The van der Waals surface area contributed by atoms with Gasteiger partial charge in [0.15, 0.2) is 5.84 Å². The predicted molar refractivity (Wildman–Crippen MR) is 92.9 cm³/mol. The summed E-state index contributed by atoms with van der Waals surface area (Å²) in [7, 11) is 0. The summed E-state index contributed by atoms with van der Waals surface area (Å²) in [4.78, 5) is 14.1. The second kappa shape index (κ2) is 6.23. The van der Waals surface area contributed by atoms with Gasteiger partial charge in [0.05, 0.1) is 17.0 Å². The molecule has 0 atom stereocenters. The summed E-state index contributed by atoms with van der Waals surface area (Å²) in [6, 6.07) is 20.0. The van der Waals surface area contributed by atoms with Gasteiger partial charge in [0.1, 0.15) is 11.6 Å². The summed E-state index contributed by atoms with van der Waals surface area (Å²) >= 11 is 0. The Bertz CT molecular complexity index is 905. The summed E-state index contributed by atoms with van der Waals surface area (Å²) in [5.74, 6) is -0.636. The predicted octanol–water partition coefficient (Wildman–Crippen LogP) is 2.83. The Labute approximate surface area is 139 Å². The molecule has 0 aliphatic carbocycles. The van der Waals surface area contributed by atoms with Gasteiger partial charge in [-0.05, 0) is 23.8 Å². The number of hydrogen-bond acceptors (Lipinski definition) is 4. The SMILES string of the molecule is N#CC1=C(N)/C(=C\c2ccccc2)C(=O)N(c2ccccc2)C1=N. The maximum absolute atomic E-state index is 12.9.